The molecule has 1 aromatic carbocycles. The molecule has 0 bridgehead atoms. The van der Waals surface area contributed by atoms with Crippen molar-refractivity contribution in [3.8, 4) is 22.6 Å². The summed E-state index contributed by atoms with van der Waals surface area (Å²) in [5, 5.41) is 15.3. The normalized spacial score (nSPS) is 11.0. The first-order chi connectivity index (χ1) is 9.92. The summed E-state index contributed by atoms with van der Waals surface area (Å²) in [5.41, 5.74) is 3.87. The van der Waals surface area contributed by atoms with E-state index in [1.165, 1.54) is 0 Å². The molecule has 0 saturated carbocycles. The van der Waals surface area contributed by atoms with Crippen molar-refractivity contribution in [2.24, 2.45) is 0 Å². The van der Waals surface area contributed by atoms with Gasteiger partial charge in [-0.15, -0.1) is 0 Å². The number of nitrogens with one attached hydrogen (secondary N) is 2. The van der Waals surface area contributed by atoms with Crippen LogP contribution in [0.1, 0.15) is 0 Å². The molecule has 0 unspecified atom stereocenters. The molecular weight excluding hydrogens is 252 g/mol. The highest BCUT2D eigenvalue weighted by Crippen LogP contribution is 2.28. The van der Waals surface area contributed by atoms with E-state index in [4.69, 9.17) is 0 Å². The zero-order valence-corrected chi connectivity index (χ0v) is 10.4. The second kappa shape index (κ2) is 4.27. The third-order valence-corrected chi connectivity index (χ3v) is 3.19. The summed E-state index contributed by atoms with van der Waals surface area (Å²) in [7, 11) is 0. The van der Waals surface area contributed by atoms with Crippen molar-refractivity contribution >= 4 is 10.9 Å². The minimum absolute atomic E-state index is 0.675. The monoisotopic (exact) mass is 262 g/mol. The van der Waals surface area contributed by atoms with E-state index < -0.39 is 0 Å². The molecule has 20 heavy (non-hydrogen) atoms. The maximum absolute atomic E-state index is 4.39. The Morgan fingerprint density at radius 3 is 2.60 bits per heavy atom. The van der Waals surface area contributed by atoms with Gasteiger partial charge in [0.05, 0.1) is 5.52 Å². The number of nitrogens with zero attached hydrogens (tertiary/aromatic N) is 4. The van der Waals surface area contributed by atoms with Crippen LogP contribution in [-0.4, -0.2) is 30.4 Å². The molecule has 0 amide bonds. The van der Waals surface area contributed by atoms with Gasteiger partial charge in [0.25, 0.3) is 0 Å². The Hall–Kier alpha value is -3.02. The van der Waals surface area contributed by atoms with Crippen LogP contribution >= 0.6 is 0 Å². The molecule has 6 heteroatoms. The average molecular weight is 262 g/mol. The third-order valence-electron chi connectivity index (χ3n) is 3.19. The van der Waals surface area contributed by atoms with Crippen LogP contribution in [0.4, 0.5) is 0 Å². The lowest BCUT2D eigenvalue weighted by Crippen LogP contribution is -1.82. The van der Waals surface area contributed by atoms with Crippen LogP contribution < -0.4 is 0 Å². The molecule has 4 aromatic rings. The van der Waals surface area contributed by atoms with Crippen molar-refractivity contribution in [1.82, 2.24) is 30.4 Å². The van der Waals surface area contributed by atoms with Crippen LogP contribution in [0.5, 0.6) is 0 Å². The van der Waals surface area contributed by atoms with Gasteiger partial charge in [-0.25, -0.2) is 4.98 Å². The van der Waals surface area contributed by atoms with Gasteiger partial charge >= 0.3 is 0 Å². The SMILES string of the molecule is c1cc(-c2n[nH]c3ccc(-c4nc[nH]n4)cc23)ccn1. The Labute approximate surface area is 113 Å². The van der Waals surface area contributed by atoms with Crippen molar-refractivity contribution in [3.05, 3.63) is 49.1 Å². The van der Waals surface area contributed by atoms with Gasteiger partial charge < -0.3 is 0 Å². The molecule has 6 nitrogen and oxygen atoms in total. The largest absolute Gasteiger partial charge is 0.277 e. The fraction of sp³-hybridized carbons (Fsp3) is 0. The molecule has 0 spiro atoms. The van der Waals surface area contributed by atoms with Gasteiger partial charge in [0.1, 0.15) is 12.0 Å². The Morgan fingerprint density at radius 2 is 1.80 bits per heavy atom. The number of rotatable bonds is 2. The smallest absolute Gasteiger partial charge is 0.180 e. The Morgan fingerprint density at radius 1 is 0.900 bits per heavy atom. The standard InChI is InChI=1S/C14H10N6/c1-2-12-11(7-10(1)14-16-8-17-20-14)13(19-18-12)9-3-5-15-6-4-9/h1-8H,(H,18,19)(H,16,17,20). The topological polar surface area (TPSA) is 83.1 Å². The molecule has 96 valence electrons. The van der Waals surface area contributed by atoms with Crippen LogP contribution in [0.15, 0.2) is 49.1 Å². The molecule has 3 heterocycles. The van der Waals surface area contributed by atoms with E-state index in [0.29, 0.717) is 5.82 Å². The summed E-state index contributed by atoms with van der Waals surface area (Å²) in [4.78, 5) is 8.20. The zero-order chi connectivity index (χ0) is 13.4. The van der Waals surface area contributed by atoms with Gasteiger partial charge in [0.2, 0.25) is 0 Å². The van der Waals surface area contributed by atoms with Crippen molar-refractivity contribution in [1.29, 1.82) is 0 Å². The van der Waals surface area contributed by atoms with Crippen LogP contribution in [0.3, 0.4) is 0 Å². The highest BCUT2D eigenvalue weighted by atomic mass is 15.2. The van der Waals surface area contributed by atoms with E-state index in [1.54, 1.807) is 18.7 Å². The predicted octanol–water partition coefficient (Wildman–Crippen LogP) is 2.41. The second-order valence-corrected chi connectivity index (χ2v) is 4.39. The van der Waals surface area contributed by atoms with Crippen molar-refractivity contribution in [3.63, 3.8) is 0 Å². The number of aromatic nitrogens is 6. The highest BCUT2D eigenvalue weighted by Gasteiger charge is 2.10. The van der Waals surface area contributed by atoms with E-state index in [-0.39, 0.29) is 0 Å². The van der Waals surface area contributed by atoms with Crippen molar-refractivity contribution < 1.29 is 0 Å². The molecule has 2 N–H and O–H groups in total. The number of pyridine rings is 1. The lowest BCUT2D eigenvalue weighted by Gasteiger charge is -1.99. The maximum atomic E-state index is 4.39. The number of hydrogen-bond donors (Lipinski definition) is 2. The van der Waals surface area contributed by atoms with Crippen LogP contribution in [-0.2, 0) is 0 Å². The van der Waals surface area contributed by atoms with E-state index in [2.05, 4.69) is 30.4 Å². The first-order valence-corrected chi connectivity index (χ1v) is 6.16. The Kier molecular flexibility index (Phi) is 2.32. The van der Waals surface area contributed by atoms with Gasteiger partial charge in [-0.2, -0.15) is 10.2 Å². The minimum atomic E-state index is 0.675. The van der Waals surface area contributed by atoms with E-state index in [0.717, 1.165) is 27.7 Å². The predicted molar refractivity (Wildman–Crippen MR) is 74.7 cm³/mol. The van der Waals surface area contributed by atoms with Gasteiger partial charge in [-0.3, -0.25) is 15.2 Å². The number of fused-ring (bicyclic) bond motifs is 1. The average Bonchev–Trinajstić information content (AvgIpc) is 3.17. The van der Waals surface area contributed by atoms with E-state index >= 15 is 0 Å². The summed E-state index contributed by atoms with van der Waals surface area (Å²) in [6.07, 6.45) is 5.09. The van der Waals surface area contributed by atoms with Gasteiger partial charge in [0, 0.05) is 28.9 Å². The third kappa shape index (κ3) is 1.66. The highest BCUT2D eigenvalue weighted by molar-refractivity contribution is 5.95. The first-order valence-electron chi connectivity index (χ1n) is 6.16. The van der Waals surface area contributed by atoms with Crippen molar-refractivity contribution in [2.45, 2.75) is 0 Å². The molecule has 0 aliphatic rings. The minimum Gasteiger partial charge on any atom is -0.277 e. The Balaban J connectivity index is 1.93. The fourth-order valence-electron chi connectivity index (χ4n) is 2.23. The van der Waals surface area contributed by atoms with Gasteiger partial charge in [-0.05, 0) is 30.3 Å². The quantitative estimate of drug-likeness (QED) is 0.581. The van der Waals surface area contributed by atoms with E-state index in [1.807, 2.05) is 30.3 Å². The lowest BCUT2D eigenvalue weighted by atomic mass is 10.1. The summed E-state index contributed by atoms with van der Waals surface area (Å²) in [6.45, 7) is 0. The number of hydrogen-bond acceptors (Lipinski definition) is 4. The molecule has 0 aliphatic carbocycles. The van der Waals surface area contributed by atoms with Crippen molar-refractivity contribution in [2.75, 3.05) is 0 Å². The fourth-order valence-corrected chi connectivity index (χ4v) is 2.23. The molecular formula is C14H10N6. The van der Waals surface area contributed by atoms with Crippen LogP contribution in [0, 0.1) is 0 Å². The zero-order valence-electron chi connectivity index (χ0n) is 10.4. The summed E-state index contributed by atoms with van der Waals surface area (Å²) in [5.74, 6) is 0.675. The van der Waals surface area contributed by atoms with Crippen LogP contribution in [0.25, 0.3) is 33.5 Å². The van der Waals surface area contributed by atoms with Gasteiger partial charge in [0.15, 0.2) is 5.82 Å². The maximum Gasteiger partial charge on any atom is 0.180 e. The summed E-state index contributed by atoms with van der Waals surface area (Å²) >= 11 is 0. The molecule has 0 radical (unpaired) electrons. The molecule has 0 saturated heterocycles. The first kappa shape index (κ1) is 10.9. The molecule has 0 fully saturated rings. The number of benzene rings is 1. The van der Waals surface area contributed by atoms with Crippen LogP contribution in [0.2, 0.25) is 0 Å². The molecule has 0 atom stereocenters. The second-order valence-electron chi connectivity index (χ2n) is 4.39. The van der Waals surface area contributed by atoms with Gasteiger partial charge in [-0.1, -0.05) is 0 Å². The molecule has 0 aliphatic heterocycles. The summed E-state index contributed by atoms with van der Waals surface area (Å²) < 4.78 is 0. The molecule has 3 aromatic heterocycles. The number of aromatic amines is 2. The Bertz CT molecular complexity index is 848. The number of H-pyrrole nitrogens is 2. The lowest BCUT2D eigenvalue weighted by molar-refractivity contribution is 1.10. The van der Waals surface area contributed by atoms with E-state index in [9.17, 15) is 0 Å². The molecule has 4 rings (SSSR count). The summed E-state index contributed by atoms with van der Waals surface area (Å²) in [6, 6.07) is 9.88.